The number of aromatic amines is 1. The van der Waals surface area contributed by atoms with E-state index in [1.807, 2.05) is 4.98 Å². The van der Waals surface area contributed by atoms with Gasteiger partial charge in [-0.25, -0.2) is 0 Å². The number of thioether (sulfide) groups is 1. The number of hydrogen-bond donors (Lipinski definition) is 2. The summed E-state index contributed by atoms with van der Waals surface area (Å²) in [5.74, 6) is -1.98. The van der Waals surface area contributed by atoms with Crippen LogP contribution in [-0.2, 0) is 11.0 Å². The molecule has 104 valence electrons. The van der Waals surface area contributed by atoms with Gasteiger partial charge in [-0.15, -0.1) is 0 Å². The molecule has 0 aromatic carbocycles. The zero-order chi connectivity index (χ0) is 15.5. The van der Waals surface area contributed by atoms with Crippen LogP contribution in [-0.4, -0.2) is 21.8 Å². The summed E-state index contributed by atoms with van der Waals surface area (Å²) in [6.45, 7) is 0. The van der Waals surface area contributed by atoms with Gasteiger partial charge in [0.25, 0.3) is 5.56 Å². The van der Waals surface area contributed by atoms with E-state index in [2.05, 4.69) is 0 Å². The minimum atomic E-state index is -5.08. The molecule has 0 unspecified atom stereocenters. The summed E-state index contributed by atoms with van der Waals surface area (Å²) in [6, 6.07) is 2.34. The highest BCUT2D eigenvalue weighted by Gasteiger charge is 2.39. The Kier molecular flexibility index (Phi) is 4.42. The third kappa shape index (κ3) is 3.10. The van der Waals surface area contributed by atoms with Gasteiger partial charge in [0.1, 0.15) is 17.7 Å². The molecule has 0 aliphatic rings. The van der Waals surface area contributed by atoms with E-state index in [9.17, 15) is 22.8 Å². The second kappa shape index (κ2) is 5.67. The van der Waals surface area contributed by atoms with Gasteiger partial charge in [-0.3, -0.25) is 9.59 Å². The van der Waals surface area contributed by atoms with E-state index in [0.29, 0.717) is 11.8 Å². The number of hydrogen-bond acceptors (Lipinski definition) is 5. The van der Waals surface area contributed by atoms with E-state index >= 15 is 0 Å². The van der Waals surface area contributed by atoms with Gasteiger partial charge in [0.05, 0.1) is 21.9 Å². The quantitative estimate of drug-likeness (QED) is 0.813. The van der Waals surface area contributed by atoms with Crippen molar-refractivity contribution in [2.24, 2.45) is 0 Å². The molecule has 0 spiro atoms. The summed E-state index contributed by atoms with van der Waals surface area (Å²) in [4.78, 5) is 23.7. The zero-order valence-electron chi connectivity index (χ0n) is 9.41. The van der Waals surface area contributed by atoms with E-state index in [4.69, 9.17) is 15.6 Å². The Bertz CT molecular complexity index is 697. The highest BCUT2D eigenvalue weighted by molar-refractivity contribution is 7.99. The van der Waals surface area contributed by atoms with Crippen LogP contribution < -0.4 is 5.56 Å². The van der Waals surface area contributed by atoms with Crippen molar-refractivity contribution in [1.29, 1.82) is 10.5 Å². The lowest BCUT2D eigenvalue weighted by Crippen LogP contribution is -2.22. The lowest BCUT2D eigenvalue weighted by atomic mass is 10.1. The number of alkyl halides is 3. The Hall–Kier alpha value is -2.46. The van der Waals surface area contributed by atoms with Gasteiger partial charge in [-0.1, -0.05) is 11.8 Å². The molecule has 1 rings (SSSR count). The number of aliphatic carboxylic acids is 1. The number of H-pyrrole nitrogens is 1. The standard InChI is InChI=1S/C10H4F3N3O3S/c11-10(12,13)7-4(1-14)8(19)16-9(5(7)2-15)20-3-6(17)18/h3H2,(H,16,19)(H,17,18). The number of carbonyl (C=O) groups is 1. The molecule has 0 aliphatic heterocycles. The maximum absolute atomic E-state index is 12.9. The van der Waals surface area contributed by atoms with Crippen LogP contribution in [0, 0.1) is 22.7 Å². The summed E-state index contributed by atoms with van der Waals surface area (Å²) < 4.78 is 38.6. The Morgan fingerprint density at radius 1 is 1.30 bits per heavy atom. The lowest BCUT2D eigenvalue weighted by Gasteiger charge is -2.12. The minimum absolute atomic E-state index is 0.356. The second-order valence-electron chi connectivity index (χ2n) is 3.31. The molecule has 0 fully saturated rings. The molecular weight excluding hydrogens is 299 g/mol. The molecule has 2 N–H and O–H groups in total. The van der Waals surface area contributed by atoms with E-state index < -0.39 is 45.2 Å². The maximum atomic E-state index is 12.9. The van der Waals surface area contributed by atoms with E-state index in [-0.39, 0.29) is 0 Å². The number of aromatic nitrogens is 1. The van der Waals surface area contributed by atoms with Crippen LogP contribution in [0.5, 0.6) is 0 Å². The van der Waals surface area contributed by atoms with Gasteiger partial charge in [-0.05, 0) is 0 Å². The van der Waals surface area contributed by atoms with E-state index in [1.165, 1.54) is 6.07 Å². The van der Waals surface area contributed by atoms with Crippen LogP contribution in [0.3, 0.4) is 0 Å². The topological polar surface area (TPSA) is 118 Å². The fraction of sp³-hybridized carbons (Fsp3) is 0.200. The van der Waals surface area contributed by atoms with Crippen molar-refractivity contribution >= 4 is 17.7 Å². The third-order valence-corrected chi connectivity index (χ3v) is 3.01. The van der Waals surface area contributed by atoms with Crippen LogP contribution in [0.4, 0.5) is 13.2 Å². The Morgan fingerprint density at radius 3 is 2.25 bits per heavy atom. The van der Waals surface area contributed by atoms with E-state index in [1.54, 1.807) is 0 Å². The van der Waals surface area contributed by atoms with Crippen LogP contribution in [0.25, 0.3) is 0 Å². The number of halogens is 3. The monoisotopic (exact) mass is 303 g/mol. The highest BCUT2D eigenvalue weighted by Crippen LogP contribution is 2.36. The number of carboxylic acids is 1. The molecular formula is C10H4F3N3O3S. The van der Waals surface area contributed by atoms with Gasteiger partial charge >= 0.3 is 12.1 Å². The number of rotatable bonds is 3. The first-order chi connectivity index (χ1) is 9.22. The molecule has 0 atom stereocenters. The molecule has 0 radical (unpaired) electrons. The Morgan fingerprint density at radius 2 is 1.85 bits per heavy atom. The fourth-order valence-corrected chi connectivity index (χ4v) is 2.04. The summed E-state index contributed by atoms with van der Waals surface area (Å²) >= 11 is 0.356. The van der Waals surface area contributed by atoms with Crippen LogP contribution >= 0.6 is 11.8 Å². The van der Waals surface area contributed by atoms with Gasteiger partial charge in [0, 0.05) is 0 Å². The van der Waals surface area contributed by atoms with Gasteiger partial charge in [0.15, 0.2) is 0 Å². The molecule has 0 saturated heterocycles. The number of nitrogens with zero attached hydrogens (tertiary/aromatic N) is 2. The summed E-state index contributed by atoms with van der Waals surface area (Å²) in [6.07, 6.45) is -5.08. The fourth-order valence-electron chi connectivity index (χ4n) is 1.32. The average molecular weight is 303 g/mol. The first-order valence-corrected chi connectivity index (χ1v) is 5.73. The molecule has 1 heterocycles. The average Bonchev–Trinajstić information content (AvgIpc) is 2.34. The van der Waals surface area contributed by atoms with Crippen molar-refractivity contribution in [1.82, 2.24) is 4.98 Å². The molecule has 20 heavy (non-hydrogen) atoms. The molecule has 0 bridgehead atoms. The van der Waals surface area contributed by atoms with Crippen molar-refractivity contribution in [3.8, 4) is 12.1 Å². The molecule has 0 amide bonds. The highest BCUT2D eigenvalue weighted by atomic mass is 32.2. The zero-order valence-corrected chi connectivity index (χ0v) is 10.2. The summed E-state index contributed by atoms with van der Waals surface area (Å²) in [5.41, 5.74) is -5.18. The van der Waals surface area contributed by atoms with E-state index in [0.717, 1.165) is 6.07 Å². The molecule has 0 saturated carbocycles. The van der Waals surface area contributed by atoms with Crippen molar-refractivity contribution in [2.45, 2.75) is 11.2 Å². The molecule has 10 heteroatoms. The first kappa shape index (κ1) is 15.6. The molecule has 6 nitrogen and oxygen atoms in total. The molecule has 0 aliphatic carbocycles. The van der Waals surface area contributed by atoms with Gasteiger partial charge < -0.3 is 10.1 Å². The summed E-state index contributed by atoms with van der Waals surface area (Å²) in [5, 5.41) is 25.3. The largest absolute Gasteiger partial charge is 0.481 e. The number of carboxylic acid groups (broad SMARTS) is 1. The number of nitrogens with one attached hydrogen (secondary N) is 1. The molecule has 1 aromatic rings. The normalized spacial score (nSPS) is 10.7. The van der Waals surface area contributed by atoms with Gasteiger partial charge in [0.2, 0.25) is 0 Å². The van der Waals surface area contributed by atoms with Crippen molar-refractivity contribution in [3.63, 3.8) is 0 Å². The summed E-state index contributed by atoms with van der Waals surface area (Å²) in [7, 11) is 0. The number of nitriles is 2. The Labute approximate surface area is 113 Å². The third-order valence-electron chi connectivity index (χ3n) is 2.03. The lowest BCUT2D eigenvalue weighted by molar-refractivity contribution is -0.138. The maximum Gasteiger partial charge on any atom is 0.419 e. The number of pyridine rings is 1. The van der Waals surface area contributed by atoms with Crippen LogP contribution in [0.1, 0.15) is 16.7 Å². The van der Waals surface area contributed by atoms with Crippen LogP contribution in [0.2, 0.25) is 0 Å². The SMILES string of the molecule is N#Cc1c(SCC(=O)O)[nH]c(=O)c(C#N)c1C(F)(F)F. The van der Waals surface area contributed by atoms with Gasteiger partial charge in [-0.2, -0.15) is 23.7 Å². The van der Waals surface area contributed by atoms with Crippen molar-refractivity contribution < 1.29 is 23.1 Å². The second-order valence-corrected chi connectivity index (χ2v) is 4.30. The minimum Gasteiger partial charge on any atom is -0.481 e. The van der Waals surface area contributed by atoms with Crippen molar-refractivity contribution in [2.75, 3.05) is 5.75 Å². The van der Waals surface area contributed by atoms with Crippen LogP contribution in [0.15, 0.2) is 9.82 Å². The predicted molar refractivity (Wildman–Crippen MR) is 59.9 cm³/mol. The van der Waals surface area contributed by atoms with Crippen molar-refractivity contribution in [3.05, 3.63) is 27.0 Å². The smallest absolute Gasteiger partial charge is 0.419 e. The molecule has 1 aromatic heterocycles. The predicted octanol–water partition coefficient (Wildman–Crippen LogP) is 1.31. The first-order valence-electron chi connectivity index (χ1n) is 4.74. The Balaban J connectivity index is 3.64.